The number of hydrogen-bond donors (Lipinski definition) is 1. The molecule has 0 saturated carbocycles. The number of imidazole rings is 1. The van der Waals surface area contributed by atoms with Gasteiger partial charge in [-0.2, -0.15) is 0 Å². The summed E-state index contributed by atoms with van der Waals surface area (Å²) >= 11 is 0. The SMILES string of the molecule is CO[C@H]1C[C@@H](C(F)F)N(c2cn3c(n2)-c2ccc(C[C@@H](C)C(N)=O)cc2OCC3)C1=O. The van der Waals surface area contributed by atoms with Crippen molar-refractivity contribution in [3.05, 3.63) is 30.0 Å². The minimum Gasteiger partial charge on any atom is -0.491 e. The second kappa shape index (κ2) is 8.26. The number of ether oxygens (including phenoxy) is 2. The zero-order valence-corrected chi connectivity index (χ0v) is 17.3. The lowest BCUT2D eigenvalue weighted by atomic mass is 9.99. The van der Waals surface area contributed by atoms with E-state index in [0.29, 0.717) is 36.7 Å². The van der Waals surface area contributed by atoms with Gasteiger partial charge >= 0.3 is 0 Å². The van der Waals surface area contributed by atoms with Crippen molar-refractivity contribution in [2.45, 2.75) is 44.9 Å². The summed E-state index contributed by atoms with van der Waals surface area (Å²) in [6.07, 6.45) is -1.64. The highest BCUT2D eigenvalue weighted by Crippen LogP contribution is 2.37. The van der Waals surface area contributed by atoms with E-state index in [1.165, 1.54) is 7.11 Å². The number of nitrogens with zero attached hydrogens (tertiary/aromatic N) is 3. The number of benzene rings is 1. The molecule has 1 saturated heterocycles. The summed E-state index contributed by atoms with van der Waals surface area (Å²) in [6, 6.07) is 4.23. The zero-order valence-electron chi connectivity index (χ0n) is 17.3. The zero-order chi connectivity index (χ0) is 22.3. The summed E-state index contributed by atoms with van der Waals surface area (Å²) in [6.45, 7) is 2.55. The molecule has 4 rings (SSSR count). The van der Waals surface area contributed by atoms with Crippen molar-refractivity contribution in [2.24, 2.45) is 11.7 Å². The predicted octanol–water partition coefficient (Wildman–Crippen LogP) is 1.99. The Morgan fingerprint density at radius 3 is 2.87 bits per heavy atom. The molecular weight excluding hydrogens is 410 g/mol. The molecule has 0 radical (unpaired) electrons. The highest BCUT2D eigenvalue weighted by atomic mass is 19.3. The van der Waals surface area contributed by atoms with Crippen LogP contribution >= 0.6 is 0 Å². The maximum atomic E-state index is 13.6. The molecule has 2 aliphatic rings. The molecule has 0 aliphatic carbocycles. The third-order valence-electron chi connectivity index (χ3n) is 5.79. The molecule has 2 aliphatic heterocycles. The molecule has 0 unspecified atom stereocenters. The third kappa shape index (κ3) is 3.87. The van der Waals surface area contributed by atoms with Crippen molar-refractivity contribution in [2.75, 3.05) is 18.6 Å². The average Bonchev–Trinajstić information content (AvgIpc) is 3.24. The Bertz CT molecular complexity index is 1010. The van der Waals surface area contributed by atoms with E-state index in [2.05, 4.69) is 4.98 Å². The molecule has 3 atom stereocenters. The Hall–Kier alpha value is -3.01. The Morgan fingerprint density at radius 2 is 2.19 bits per heavy atom. The van der Waals surface area contributed by atoms with E-state index < -0.39 is 24.5 Å². The number of carbonyl (C=O) groups is 2. The summed E-state index contributed by atoms with van der Waals surface area (Å²) in [7, 11) is 1.33. The summed E-state index contributed by atoms with van der Waals surface area (Å²) in [5.41, 5.74) is 6.93. The number of fused-ring (bicyclic) bond motifs is 3. The molecule has 1 fully saturated rings. The number of rotatable bonds is 6. The molecule has 2 N–H and O–H groups in total. The molecule has 166 valence electrons. The van der Waals surface area contributed by atoms with Crippen LogP contribution in [-0.4, -0.2) is 53.7 Å². The van der Waals surface area contributed by atoms with Crippen molar-refractivity contribution in [3.63, 3.8) is 0 Å². The number of carbonyl (C=O) groups excluding carboxylic acids is 2. The van der Waals surface area contributed by atoms with Crippen molar-refractivity contribution in [1.82, 2.24) is 9.55 Å². The van der Waals surface area contributed by atoms with Crippen molar-refractivity contribution in [3.8, 4) is 17.1 Å². The molecule has 8 nitrogen and oxygen atoms in total. The van der Waals surface area contributed by atoms with Gasteiger partial charge in [0.05, 0.1) is 12.1 Å². The highest BCUT2D eigenvalue weighted by Gasteiger charge is 2.46. The molecular formula is C21H24F2N4O4. The topological polar surface area (TPSA) is 99.7 Å². The Morgan fingerprint density at radius 1 is 1.42 bits per heavy atom. The number of methoxy groups -OCH3 is 1. The molecule has 31 heavy (non-hydrogen) atoms. The lowest BCUT2D eigenvalue weighted by Gasteiger charge is -2.21. The van der Waals surface area contributed by atoms with E-state index in [-0.39, 0.29) is 24.1 Å². The molecule has 0 bridgehead atoms. The van der Waals surface area contributed by atoms with Gasteiger partial charge in [0, 0.05) is 25.6 Å². The summed E-state index contributed by atoms with van der Waals surface area (Å²) in [4.78, 5) is 29.6. The number of halogens is 2. The standard InChI is InChI=1S/C21H24F2N4O4/c1-11(19(24)28)7-12-3-4-13-15(8-12)31-6-5-26-10-17(25-20(13)26)27-14(18(22)23)9-16(30-2)21(27)29/h3-4,8,10-11,14,16,18H,5-7,9H2,1-2H3,(H2,24,28)/t11-,14+,16+/m1/s1. The number of aromatic nitrogens is 2. The number of amides is 2. The van der Waals surface area contributed by atoms with Gasteiger partial charge in [-0.05, 0) is 24.1 Å². The van der Waals surface area contributed by atoms with Gasteiger partial charge < -0.3 is 19.8 Å². The fraction of sp³-hybridized carbons (Fsp3) is 0.476. The van der Waals surface area contributed by atoms with Crippen LogP contribution in [0.5, 0.6) is 5.75 Å². The molecule has 10 heteroatoms. The first-order chi connectivity index (χ1) is 14.8. The first-order valence-corrected chi connectivity index (χ1v) is 10.1. The van der Waals surface area contributed by atoms with Crippen LogP contribution in [0.25, 0.3) is 11.4 Å². The number of primary amides is 1. The Kier molecular flexibility index (Phi) is 5.65. The largest absolute Gasteiger partial charge is 0.491 e. The van der Waals surface area contributed by atoms with Crippen LogP contribution in [0.3, 0.4) is 0 Å². The summed E-state index contributed by atoms with van der Waals surface area (Å²) < 4.78 is 40.0. The molecule has 0 spiro atoms. The van der Waals surface area contributed by atoms with Gasteiger partial charge in [-0.3, -0.25) is 14.5 Å². The average molecular weight is 434 g/mol. The van der Waals surface area contributed by atoms with Crippen LogP contribution < -0.4 is 15.4 Å². The lowest BCUT2D eigenvalue weighted by Crippen LogP contribution is -2.39. The molecule has 3 heterocycles. The fourth-order valence-corrected chi connectivity index (χ4v) is 4.05. The van der Waals surface area contributed by atoms with Gasteiger partial charge in [0.15, 0.2) is 5.82 Å². The molecule has 2 amide bonds. The third-order valence-corrected chi connectivity index (χ3v) is 5.79. The van der Waals surface area contributed by atoms with Crippen LogP contribution in [0.2, 0.25) is 0 Å². The lowest BCUT2D eigenvalue weighted by molar-refractivity contribution is -0.125. The number of hydrogen-bond acceptors (Lipinski definition) is 5. The van der Waals surface area contributed by atoms with Gasteiger partial charge in [0.2, 0.25) is 5.91 Å². The van der Waals surface area contributed by atoms with Crippen LogP contribution in [0.1, 0.15) is 18.9 Å². The van der Waals surface area contributed by atoms with E-state index in [9.17, 15) is 18.4 Å². The normalized spacial score (nSPS) is 21.5. The smallest absolute Gasteiger partial charge is 0.259 e. The Labute approximate surface area is 177 Å². The molecule has 2 aromatic rings. The summed E-state index contributed by atoms with van der Waals surface area (Å²) in [5.74, 6) is 0.0574. The maximum absolute atomic E-state index is 13.6. The number of nitrogens with two attached hydrogens (primary N) is 1. The van der Waals surface area contributed by atoms with E-state index in [1.54, 1.807) is 17.7 Å². The first kappa shape index (κ1) is 21.2. The van der Waals surface area contributed by atoms with Gasteiger partial charge in [-0.15, -0.1) is 0 Å². The highest BCUT2D eigenvalue weighted by molar-refractivity contribution is 5.99. The quantitative estimate of drug-likeness (QED) is 0.750. The Balaban J connectivity index is 1.69. The number of anilines is 1. The second-order valence-corrected chi connectivity index (χ2v) is 7.87. The van der Waals surface area contributed by atoms with E-state index in [4.69, 9.17) is 15.2 Å². The van der Waals surface area contributed by atoms with Crippen molar-refractivity contribution >= 4 is 17.6 Å². The van der Waals surface area contributed by atoms with Gasteiger partial charge in [-0.25, -0.2) is 13.8 Å². The first-order valence-electron chi connectivity index (χ1n) is 10.1. The van der Waals surface area contributed by atoms with Crippen LogP contribution in [-0.2, 0) is 27.3 Å². The van der Waals surface area contributed by atoms with Crippen LogP contribution in [0.4, 0.5) is 14.6 Å². The van der Waals surface area contributed by atoms with Crippen LogP contribution in [0.15, 0.2) is 24.4 Å². The van der Waals surface area contributed by atoms with Crippen LogP contribution in [0, 0.1) is 5.92 Å². The second-order valence-electron chi connectivity index (χ2n) is 7.87. The molecule has 1 aromatic heterocycles. The minimum atomic E-state index is -2.71. The number of alkyl halides is 2. The maximum Gasteiger partial charge on any atom is 0.259 e. The van der Waals surface area contributed by atoms with Gasteiger partial charge in [-0.1, -0.05) is 13.0 Å². The minimum absolute atomic E-state index is 0.0870. The van der Waals surface area contributed by atoms with E-state index in [1.807, 2.05) is 18.2 Å². The van der Waals surface area contributed by atoms with E-state index in [0.717, 1.165) is 10.5 Å². The summed E-state index contributed by atoms with van der Waals surface area (Å²) in [5, 5.41) is 0. The molecule has 1 aromatic carbocycles. The van der Waals surface area contributed by atoms with Gasteiger partial charge in [0.25, 0.3) is 12.3 Å². The monoisotopic (exact) mass is 434 g/mol. The predicted molar refractivity (Wildman–Crippen MR) is 108 cm³/mol. The van der Waals surface area contributed by atoms with Crippen molar-refractivity contribution < 1.29 is 27.8 Å². The van der Waals surface area contributed by atoms with Crippen molar-refractivity contribution in [1.29, 1.82) is 0 Å². The fourth-order valence-electron chi connectivity index (χ4n) is 4.05. The van der Waals surface area contributed by atoms with Gasteiger partial charge in [0.1, 0.15) is 30.3 Å². The van der Waals surface area contributed by atoms with E-state index >= 15 is 0 Å².